The van der Waals surface area contributed by atoms with Crippen molar-refractivity contribution in [1.29, 1.82) is 0 Å². The van der Waals surface area contributed by atoms with Crippen LogP contribution in [0.15, 0.2) is 42.6 Å². The monoisotopic (exact) mass is 399 g/mol. The minimum Gasteiger partial charge on any atom is -0.372 e. The summed E-state index contributed by atoms with van der Waals surface area (Å²) < 4.78 is 19.7. The van der Waals surface area contributed by atoms with E-state index in [-0.39, 0.29) is 35.4 Å². The zero-order valence-electron chi connectivity index (χ0n) is 14.0. The van der Waals surface area contributed by atoms with Crippen LogP contribution in [-0.2, 0) is 4.74 Å². The van der Waals surface area contributed by atoms with Crippen molar-refractivity contribution in [2.45, 2.75) is 6.10 Å². The molecule has 3 rings (SSSR count). The van der Waals surface area contributed by atoms with Gasteiger partial charge in [-0.05, 0) is 29.8 Å². The van der Waals surface area contributed by atoms with Gasteiger partial charge in [-0.3, -0.25) is 9.78 Å². The molecule has 0 aliphatic carbocycles. The molecule has 0 spiro atoms. The number of hydrogen-bond donors (Lipinski definition) is 2. The fraction of sp³-hybridized carbons (Fsp3) is 0.333. The molecule has 1 aromatic heterocycles. The quantitative estimate of drug-likeness (QED) is 0.829. The summed E-state index contributed by atoms with van der Waals surface area (Å²) in [5.74, 6) is -0.766. The van der Waals surface area contributed by atoms with Crippen LogP contribution in [0.3, 0.4) is 0 Å². The Balaban J connectivity index is 0.00000243. The van der Waals surface area contributed by atoms with Gasteiger partial charge in [0, 0.05) is 31.7 Å². The molecule has 2 N–H and O–H groups in total. The number of nitrogens with zero attached hydrogens (tertiary/aromatic N) is 1. The van der Waals surface area contributed by atoms with E-state index in [0.29, 0.717) is 37.5 Å². The van der Waals surface area contributed by atoms with Crippen LogP contribution in [0, 0.1) is 11.7 Å². The summed E-state index contributed by atoms with van der Waals surface area (Å²) in [7, 11) is 0. The van der Waals surface area contributed by atoms with Crippen LogP contribution >= 0.6 is 24.0 Å². The Morgan fingerprint density at radius 1 is 1.38 bits per heavy atom. The number of nitrogens with one attached hydrogen (secondary N) is 2. The molecule has 0 unspecified atom stereocenters. The maximum atomic E-state index is 13.8. The summed E-state index contributed by atoms with van der Waals surface area (Å²) in [6.07, 6.45) is 1.25. The third kappa shape index (κ3) is 5.14. The highest BCUT2D eigenvalue weighted by atomic mass is 35.5. The van der Waals surface area contributed by atoms with Crippen LogP contribution in [-0.4, -0.2) is 37.1 Å². The lowest BCUT2D eigenvalue weighted by molar-refractivity contribution is 0.0303. The number of halogens is 3. The summed E-state index contributed by atoms with van der Waals surface area (Å²) in [5, 5.41) is 6.23. The van der Waals surface area contributed by atoms with Gasteiger partial charge in [0.1, 0.15) is 11.5 Å². The van der Waals surface area contributed by atoms with Crippen molar-refractivity contribution in [1.82, 2.24) is 15.6 Å². The SMILES string of the molecule is Cl.O=C(NC[C@@H]1CNCCO[C@H]1c1ccc(Cl)c(F)c1)c1ccccn1. The van der Waals surface area contributed by atoms with E-state index < -0.39 is 5.82 Å². The zero-order valence-corrected chi connectivity index (χ0v) is 15.5. The van der Waals surface area contributed by atoms with E-state index in [4.69, 9.17) is 16.3 Å². The lowest BCUT2D eigenvalue weighted by Crippen LogP contribution is -2.36. The molecule has 26 heavy (non-hydrogen) atoms. The Labute approximate surface area is 162 Å². The molecule has 2 aromatic rings. The number of amides is 1. The van der Waals surface area contributed by atoms with E-state index in [0.717, 1.165) is 0 Å². The van der Waals surface area contributed by atoms with E-state index in [9.17, 15) is 9.18 Å². The topological polar surface area (TPSA) is 63.2 Å². The molecule has 8 heteroatoms. The van der Waals surface area contributed by atoms with Crippen LogP contribution in [0.4, 0.5) is 4.39 Å². The minimum atomic E-state index is -0.476. The highest BCUT2D eigenvalue weighted by Crippen LogP contribution is 2.29. The highest BCUT2D eigenvalue weighted by molar-refractivity contribution is 6.30. The van der Waals surface area contributed by atoms with Gasteiger partial charge in [0.2, 0.25) is 0 Å². The number of rotatable bonds is 4. The molecular formula is C18H20Cl2FN3O2. The zero-order chi connectivity index (χ0) is 17.6. The molecule has 1 saturated heterocycles. The van der Waals surface area contributed by atoms with E-state index in [2.05, 4.69) is 15.6 Å². The molecule has 1 aliphatic heterocycles. The first-order valence-electron chi connectivity index (χ1n) is 8.11. The van der Waals surface area contributed by atoms with E-state index in [1.165, 1.54) is 12.1 Å². The van der Waals surface area contributed by atoms with Gasteiger partial charge in [-0.2, -0.15) is 0 Å². The molecule has 140 valence electrons. The Kier molecular flexibility index (Phi) is 7.78. The first-order chi connectivity index (χ1) is 12.1. The minimum absolute atomic E-state index is 0. The molecule has 1 amide bonds. The molecule has 1 fully saturated rings. The molecule has 1 aliphatic rings. The number of benzene rings is 1. The number of carbonyl (C=O) groups excluding carboxylic acids is 1. The second-order valence-electron chi connectivity index (χ2n) is 5.85. The fourth-order valence-corrected chi connectivity index (χ4v) is 2.95. The summed E-state index contributed by atoms with van der Waals surface area (Å²) in [4.78, 5) is 16.2. The van der Waals surface area contributed by atoms with Crippen molar-refractivity contribution in [3.8, 4) is 0 Å². The number of pyridine rings is 1. The predicted octanol–water partition coefficient (Wildman–Crippen LogP) is 3.00. The number of ether oxygens (including phenoxy) is 1. The smallest absolute Gasteiger partial charge is 0.269 e. The van der Waals surface area contributed by atoms with Gasteiger partial charge in [-0.15, -0.1) is 12.4 Å². The number of aromatic nitrogens is 1. The van der Waals surface area contributed by atoms with Gasteiger partial charge in [0.15, 0.2) is 0 Å². The van der Waals surface area contributed by atoms with Crippen LogP contribution in [0.2, 0.25) is 5.02 Å². The Hall–Kier alpha value is -1.73. The summed E-state index contributed by atoms with van der Waals surface area (Å²) in [6, 6.07) is 9.85. The van der Waals surface area contributed by atoms with Crippen molar-refractivity contribution in [2.75, 3.05) is 26.2 Å². The normalized spacial score (nSPS) is 19.9. The standard InChI is InChI=1S/C18H19ClFN3O2.ClH/c19-14-5-4-12(9-15(14)20)17-13(10-21-7-8-25-17)11-23-18(24)16-3-1-2-6-22-16;/h1-6,9,13,17,21H,7-8,10-11H2,(H,23,24);1H/t13-,17-;/m0./s1. The van der Waals surface area contributed by atoms with Gasteiger partial charge in [0.05, 0.1) is 17.7 Å². The molecule has 1 aromatic carbocycles. The first kappa shape index (κ1) is 20.6. The third-order valence-electron chi connectivity index (χ3n) is 4.11. The fourth-order valence-electron chi connectivity index (χ4n) is 2.84. The number of hydrogen-bond acceptors (Lipinski definition) is 4. The van der Waals surface area contributed by atoms with Gasteiger partial charge in [-0.1, -0.05) is 23.7 Å². The highest BCUT2D eigenvalue weighted by Gasteiger charge is 2.27. The first-order valence-corrected chi connectivity index (χ1v) is 8.49. The van der Waals surface area contributed by atoms with E-state index in [1.807, 2.05) is 0 Å². The summed E-state index contributed by atoms with van der Waals surface area (Å²) >= 11 is 5.77. The Morgan fingerprint density at radius 2 is 2.23 bits per heavy atom. The third-order valence-corrected chi connectivity index (χ3v) is 4.41. The van der Waals surface area contributed by atoms with Crippen LogP contribution in [0.5, 0.6) is 0 Å². The molecule has 0 bridgehead atoms. The molecule has 2 heterocycles. The molecule has 0 saturated carbocycles. The summed E-state index contributed by atoms with van der Waals surface area (Å²) in [5.41, 5.74) is 1.07. The van der Waals surface area contributed by atoms with Crippen molar-refractivity contribution in [2.24, 2.45) is 5.92 Å². The molecule has 2 atom stereocenters. The van der Waals surface area contributed by atoms with Gasteiger partial charge in [0.25, 0.3) is 5.91 Å². The number of carbonyl (C=O) groups is 1. The molecule has 5 nitrogen and oxygen atoms in total. The predicted molar refractivity (Wildman–Crippen MR) is 100 cm³/mol. The molecule has 0 radical (unpaired) electrons. The summed E-state index contributed by atoms with van der Waals surface area (Å²) in [6.45, 7) is 2.26. The maximum absolute atomic E-state index is 13.8. The second kappa shape index (κ2) is 9.83. The van der Waals surface area contributed by atoms with Crippen molar-refractivity contribution in [3.05, 3.63) is 64.7 Å². The van der Waals surface area contributed by atoms with Crippen LogP contribution < -0.4 is 10.6 Å². The van der Waals surface area contributed by atoms with E-state index in [1.54, 1.807) is 30.5 Å². The lowest BCUT2D eigenvalue weighted by Gasteiger charge is -2.25. The average Bonchev–Trinajstić information content (AvgIpc) is 2.88. The Bertz CT molecular complexity index is 734. The maximum Gasteiger partial charge on any atom is 0.269 e. The van der Waals surface area contributed by atoms with Crippen molar-refractivity contribution >= 4 is 29.9 Å². The van der Waals surface area contributed by atoms with Gasteiger partial charge >= 0.3 is 0 Å². The van der Waals surface area contributed by atoms with Crippen molar-refractivity contribution < 1.29 is 13.9 Å². The van der Waals surface area contributed by atoms with Crippen LogP contribution in [0.25, 0.3) is 0 Å². The van der Waals surface area contributed by atoms with Gasteiger partial charge in [-0.25, -0.2) is 4.39 Å². The van der Waals surface area contributed by atoms with Crippen LogP contribution in [0.1, 0.15) is 22.2 Å². The Morgan fingerprint density at radius 3 is 2.96 bits per heavy atom. The van der Waals surface area contributed by atoms with E-state index >= 15 is 0 Å². The lowest BCUT2D eigenvalue weighted by atomic mass is 9.95. The average molecular weight is 400 g/mol. The molecular weight excluding hydrogens is 380 g/mol. The second-order valence-corrected chi connectivity index (χ2v) is 6.26. The van der Waals surface area contributed by atoms with Gasteiger partial charge < -0.3 is 15.4 Å². The largest absolute Gasteiger partial charge is 0.372 e. The van der Waals surface area contributed by atoms with Crippen molar-refractivity contribution in [3.63, 3.8) is 0 Å².